The molecule has 7 rings (SSSR count). The lowest BCUT2D eigenvalue weighted by Crippen LogP contribution is -2.45. The number of aromatic nitrogens is 3. The number of alkyl halides is 1. The molecule has 3 aliphatic heterocycles. The lowest BCUT2D eigenvalue weighted by Gasteiger charge is -2.34. The number of amides is 1. The number of carbonyl (C=O) groups excluding carboxylic acids is 1. The Morgan fingerprint density at radius 1 is 1.29 bits per heavy atom. The Hall–Kier alpha value is -4.48. The van der Waals surface area contributed by atoms with E-state index in [0.717, 1.165) is 35.3 Å². The maximum Gasteiger partial charge on any atom is 0.376 e. The molecule has 2 aromatic heterocycles. The number of nitriles is 1. The Morgan fingerprint density at radius 3 is 2.85 bits per heavy atom. The van der Waals surface area contributed by atoms with Crippen molar-refractivity contribution in [1.82, 2.24) is 19.8 Å². The minimum Gasteiger partial charge on any atom is -0.461 e. The summed E-state index contributed by atoms with van der Waals surface area (Å²) >= 11 is 0.907. The fraction of sp³-hybridized carbons (Fsp3) is 0.441. The molecule has 0 radical (unpaired) electrons. The minimum absolute atomic E-state index is 0.0617. The molecule has 10 nitrogen and oxygen atoms in total. The van der Waals surface area contributed by atoms with Gasteiger partial charge in [0.2, 0.25) is 5.91 Å². The molecular formula is C34H36F3N8O2S+. The minimum atomic E-state index is -0.928. The van der Waals surface area contributed by atoms with Crippen molar-refractivity contribution in [2.75, 3.05) is 43.9 Å². The summed E-state index contributed by atoms with van der Waals surface area (Å²) in [6, 6.07) is 5.32. The smallest absolute Gasteiger partial charge is 0.376 e. The number of hydrogen-bond acceptors (Lipinski definition) is 9. The van der Waals surface area contributed by atoms with Crippen molar-refractivity contribution < 1.29 is 27.3 Å². The van der Waals surface area contributed by atoms with Gasteiger partial charge >= 0.3 is 12.2 Å². The van der Waals surface area contributed by atoms with Gasteiger partial charge in [-0.1, -0.05) is 24.8 Å². The number of benzene rings is 2. The highest BCUT2D eigenvalue weighted by Gasteiger charge is 2.49. The number of nitrogen functional groups attached to an aromatic ring is 1. The van der Waals surface area contributed by atoms with E-state index in [1.54, 1.807) is 11.0 Å². The number of nitrogens with two attached hydrogens (primary N) is 1. The number of carbonyl (C=O) groups is 1. The summed E-state index contributed by atoms with van der Waals surface area (Å²) < 4.78 is 53.1. The third-order valence-corrected chi connectivity index (χ3v) is 11.3. The maximum atomic E-state index is 16.3. The number of rotatable bonds is 8. The average Bonchev–Trinajstić information content (AvgIpc) is 3.83. The zero-order chi connectivity index (χ0) is 33.9. The van der Waals surface area contributed by atoms with E-state index in [2.05, 4.69) is 11.5 Å². The van der Waals surface area contributed by atoms with E-state index in [1.165, 1.54) is 24.3 Å². The Balaban J connectivity index is 1.36. The van der Waals surface area contributed by atoms with Crippen LogP contribution in [0.25, 0.3) is 32.2 Å². The van der Waals surface area contributed by atoms with Crippen LogP contribution >= 0.6 is 11.3 Å². The Bertz CT molecular complexity index is 2000. The van der Waals surface area contributed by atoms with Crippen LogP contribution in [-0.2, 0) is 4.79 Å². The van der Waals surface area contributed by atoms with Gasteiger partial charge in [-0.05, 0) is 62.6 Å². The predicted molar refractivity (Wildman–Crippen MR) is 177 cm³/mol. The number of nitrogens with zero attached hydrogens (tertiary/aromatic N) is 7. The third-order valence-electron chi connectivity index (χ3n) is 10.3. The van der Waals surface area contributed by atoms with Gasteiger partial charge in [0.1, 0.15) is 40.4 Å². The van der Waals surface area contributed by atoms with Crippen LogP contribution in [0.15, 0.2) is 36.9 Å². The van der Waals surface area contributed by atoms with Crippen molar-refractivity contribution in [3.05, 3.63) is 48.6 Å². The van der Waals surface area contributed by atoms with E-state index in [0.29, 0.717) is 49.1 Å². The summed E-state index contributed by atoms with van der Waals surface area (Å²) in [5.74, 6) is -0.929. The van der Waals surface area contributed by atoms with E-state index >= 15 is 4.39 Å². The summed E-state index contributed by atoms with van der Waals surface area (Å²) in [6.07, 6.45) is 5.83. The molecule has 5 heterocycles. The number of ether oxygens (including phenoxy) is 1. The van der Waals surface area contributed by atoms with Crippen LogP contribution in [0.4, 0.5) is 24.1 Å². The Morgan fingerprint density at radius 2 is 2.10 bits per heavy atom. The van der Waals surface area contributed by atoms with Crippen molar-refractivity contribution in [3.63, 3.8) is 0 Å². The van der Waals surface area contributed by atoms with Gasteiger partial charge in [-0.25, -0.2) is 13.2 Å². The van der Waals surface area contributed by atoms with Crippen LogP contribution in [0.3, 0.4) is 0 Å². The first-order chi connectivity index (χ1) is 23.1. The van der Waals surface area contributed by atoms with Crippen molar-refractivity contribution >= 4 is 49.3 Å². The maximum absolute atomic E-state index is 16.3. The second-order valence-electron chi connectivity index (χ2n) is 12.9. The van der Waals surface area contributed by atoms with Crippen LogP contribution in [0.1, 0.15) is 39.0 Å². The number of hydrogen-bond donors (Lipinski definition) is 1. The molecule has 0 spiro atoms. The highest BCUT2D eigenvalue weighted by molar-refractivity contribution is 7.21. The quantitative estimate of drug-likeness (QED) is 0.206. The largest absolute Gasteiger partial charge is 0.461 e. The van der Waals surface area contributed by atoms with Crippen molar-refractivity contribution in [1.29, 1.82) is 5.26 Å². The highest BCUT2D eigenvalue weighted by atomic mass is 32.1. The van der Waals surface area contributed by atoms with E-state index in [1.807, 2.05) is 25.1 Å². The number of thiazole rings is 1. The molecule has 2 aromatic carbocycles. The number of likely N-dealkylation sites (tertiary alicyclic amines) is 1. The van der Waals surface area contributed by atoms with Gasteiger partial charge in [-0.3, -0.25) is 9.69 Å². The Labute approximate surface area is 279 Å². The summed E-state index contributed by atoms with van der Waals surface area (Å²) in [7, 11) is 1.86. The second-order valence-corrected chi connectivity index (χ2v) is 13.9. The van der Waals surface area contributed by atoms with Gasteiger partial charge in [0.15, 0.2) is 0 Å². The molecule has 4 unspecified atom stereocenters. The monoisotopic (exact) mass is 677 g/mol. The van der Waals surface area contributed by atoms with Crippen LogP contribution in [0.5, 0.6) is 6.01 Å². The van der Waals surface area contributed by atoms with E-state index in [-0.39, 0.29) is 57.1 Å². The molecule has 3 saturated heterocycles. The predicted octanol–water partition coefficient (Wildman–Crippen LogP) is 4.95. The lowest BCUT2D eigenvalue weighted by molar-refractivity contribution is -0.536. The molecular weight excluding hydrogens is 641 g/mol. The molecule has 0 aliphatic carbocycles. The molecule has 0 bridgehead atoms. The van der Waals surface area contributed by atoms with Crippen molar-refractivity contribution in [2.24, 2.45) is 0 Å². The molecule has 0 saturated carbocycles. The zero-order valence-electron chi connectivity index (χ0n) is 26.8. The molecule has 1 amide bonds. The van der Waals surface area contributed by atoms with E-state index in [9.17, 15) is 18.8 Å². The first-order valence-corrected chi connectivity index (χ1v) is 16.9. The Kier molecular flexibility index (Phi) is 8.15. The molecule has 3 fully saturated rings. The van der Waals surface area contributed by atoms with Crippen LogP contribution in [0.2, 0.25) is 0 Å². The van der Waals surface area contributed by atoms with Gasteiger partial charge in [0.05, 0.1) is 23.1 Å². The fourth-order valence-electron chi connectivity index (χ4n) is 8.07. The van der Waals surface area contributed by atoms with Gasteiger partial charge < -0.3 is 20.3 Å². The molecule has 4 atom stereocenters. The summed E-state index contributed by atoms with van der Waals surface area (Å²) in [5.41, 5.74) is 6.49. The molecule has 250 valence electrons. The second kappa shape index (κ2) is 12.2. The molecule has 3 aliphatic rings. The summed E-state index contributed by atoms with van der Waals surface area (Å²) in [6.45, 7) is 7.59. The number of likely N-dealkylation sites (N-methyl/N-ethyl adjacent to an activating group) is 1. The van der Waals surface area contributed by atoms with Crippen LogP contribution in [-0.4, -0.2) is 82.8 Å². The van der Waals surface area contributed by atoms with Gasteiger partial charge in [0, 0.05) is 48.3 Å². The van der Waals surface area contributed by atoms with E-state index < -0.39 is 23.3 Å². The topological polar surface area (TPSA) is 115 Å². The van der Waals surface area contributed by atoms with Gasteiger partial charge in [-0.15, -0.1) is 4.57 Å². The molecule has 48 heavy (non-hydrogen) atoms. The number of fused-ring (bicyclic) bond motifs is 3. The third kappa shape index (κ3) is 5.11. The fourth-order valence-corrected chi connectivity index (χ4v) is 8.97. The lowest BCUT2D eigenvalue weighted by atomic mass is 9.95. The van der Waals surface area contributed by atoms with E-state index in [4.69, 9.17) is 20.4 Å². The van der Waals surface area contributed by atoms with Gasteiger partial charge in [0.25, 0.3) is 5.13 Å². The van der Waals surface area contributed by atoms with Gasteiger partial charge in [-0.2, -0.15) is 9.97 Å². The molecule has 4 aromatic rings. The number of anilines is 2. The summed E-state index contributed by atoms with van der Waals surface area (Å²) in [4.78, 5) is 28.1. The first-order valence-electron chi connectivity index (χ1n) is 16.1. The molecule has 2 N–H and O–H groups in total. The first kappa shape index (κ1) is 32.1. The highest BCUT2D eigenvalue weighted by Crippen LogP contribution is 2.42. The SMILES string of the molecule is C=CC(=O)N1CCC(N(C)c2nc(OCC34CCCN3CC(F)C4)nc3cc(-c4ccc(F)c5sc(N)[n+](C#N)c45)c(F)cc23)C1CC. The standard InChI is InChI=1S/C34H35F3N8O2S/c1-4-26-27(9-12-44(26)28(46)5-2)42(3)31-22-13-24(37)21(20-7-8-23(36)30-29(20)45(18-38)32(39)48-30)14-25(22)40-33(41-31)47-17-34-10-6-11-43(34)16-19(35)15-34/h5,7-8,13-14,19,26-27,39H,2,4,6,9-12,15-17H2,1,3H3/p+1. The van der Waals surface area contributed by atoms with Crippen LogP contribution < -0.4 is 19.9 Å². The van der Waals surface area contributed by atoms with Crippen molar-refractivity contribution in [2.45, 2.75) is 62.8 Å². The average molecular weight is 678 g/mol. The van der Waals surface area contributed by atoms with Crippen molar-refractivity contribution in [3.8, 4) is 23.3 Å². The molecule has 14 heteroatoms. The van der Waals surface area contributed by atoms with Crippen LogP contribution in [0, 0.1) is 23.1 Å². The number of halogens is 3. The zero-order valence-corrected chi connectivity index (χ0v) is 27.6. The normalized spacial score (nSPS) is 23.9. The summed E-state index contributed by atoms with van der Waals surface area (Å²) in [5, 5.41) is 10.3.